The van der Waals surface area contributed by atoms with Crippen LogP contribution in [0.1, 0.15) is 27.0 Å². The molecular weight excluding hydrogens is 523 g/mol. The minimum Gasteiger partial charge on any atom is -0.507 e. The Labute approximate surface area is 205 Å². The predicted molar refractivity (Wildman–Crippen MR) is 118 cm³/mol. The zero-order chi connectivity index (χ0) is 26.0. The van der Waals surface area contributed by atoms with Crippen LogP contribution in [-0.2, 0) is 18.8 Å². The van der Waals surface area contributed by atoms with Crippen LogP contribution >= 0.6 is 23.2 Å². The van der Waals surface area contributed by atoms with E-state index in [4.69, 9.17) is 27.9 Å². The lowest BCUT2D eigenvalue weighted by Crippen LogP contribution is -2.15. The number of phenols is 1. The van der Waals surface area contributed by atoms with Gasteiger partial charge in [0.05, 0.1) is 34.0 Å². The van der Waals surface area contributed by atoms with Gasteiger partial charge in [-0.2, -0.15) is 26.3 Å². The molecule has 3 aromatic rings. The Morgan fingerprint density at radius 1 is 0.914 bits per heavy atom. The minimum absolute atomic E-state index is 0.0380. The lowest BCUT2D eigenvalue weighted by Gasteiger charge is -2.17. The number of hydrogen-bond donors (Lipinski definition) is 2. The molecule has 2 N–H and O–H groups in total. The molecule has 35 heavy (non-hydrogen) atoms. The maximum atomic E-state index is 13.3. The van der Waals surface area contributed by atoms with Gasteiger partial charge in [-0.15, -0.1) is 0 Å². The van der Waals surface area contributed by atoms with E-state index in [1.54, 1.807) is 0 Å². The molecule has 4 nitrogen and oxygen atoms in total. The molecule has 3 aromatic carbocycles. The van der Waals surface area contributed by atoms with E-state index in [-0.39, 0.29) is 34.9 Å². The van der Waals surface area contributed by atoms with Crippen molar-refractivity contribution in [3.63, 3.8) is 0 Å². The van der Waals surface area contributed by atoms with Crippen LogP contribution in [-0.4, -0.2) is 17.6 Å². The maximum Gasteiger partial charge on any atom is 0.416 e. The number of carbonyl (C=O) groups excluding carboxylic acids is 1. The highest BCUT2D eigenvalue weighted by atomic mass is 35.5. The van der Waals surface area contributed by atoms with Crippen LogP contribution in [0, 0.1) is 0 Å². The highest BCUT2D eigenvalue weighted by Crippen LogP contribution is 2.41. The summed E-state index contributed by atoms with van der Waals surface area (Å²) in [5.41, 5.74) is -2.56. The zero-order valence-electron chi connectivity index (χ0n) is 17.4. The van der Waals surface area contributed by atoms with Gasteiger partial charge < -0.3 is 15.2 Å². The second-order valence-corrected chi connectivity index (χ2v) is 8.09. The minimum atomic E-state index is -4.81. The molecule has 186 valence electrons. The summed E-state index contributed by atoms with van der Waals surface area (Å²) in [6.45, 7) is -0.266. The molecule has 0 atom stereocenters. The Balaban J connectivity index is 1.88. The average Bonchev–Trinajstić information content (AvgIpc) is 2.76. The molecule has 0 radical (unpaired) electrons. The number of phenolic OH excluding ortho intramolecular Hbond substituents is 1. The zero-order valence-corrected chi connectivity index (χ0v) is 18.9. The SMILES string of the molecule is O=C(Nc1cc(C(F)(F)F)cc(Cl)c1OCCc1cccc(C(F)(F)F)c1)c1cc(Cl)ccc1O. The van der Waals surface area contributed by atoms with Gasteiger partial charge in [0.15, 0.2) is 5.75 Å². The molecule has 1 amide bonds. The van der Waals surface area contributed by atoms with Gasteiger partial charge in [-0.05, 0) is 42.0 Å². The Kier molecular flexibility index (Phi) is 7.76. The Hall–Kier alpha value is -3.11. The number of carbonyl (C=O) groups is 1. The van der Waals surface area contributed by atoms with E-state index < -0.39 is 45.8 Å². The first-order valence-electron chi connectivity index (χ1n) is 9.75. The molecule has 0 bridgehead atoms. The number of nitrogens with one attached hydrogen (secondary N) is 1. The fourth-order valence-corrected chi connectivity index (χ4v) is 3.50. The lowest BCUT2D eigenvalue weighted by molar-refractivity contribution is -0.138. The summed E-state index contributed by atoms with van der Waals surface area (Å²) in [5, 5.41) is 11.7. The molecule has 0 saturated heterocycles. The molecule has 12 heteroatoms. The number of amides is 1. The standard InChI is InChI=1S/C23H15Cl2F6NO3/c24-15-4-5-19(33)16(11-15)21(34)32-18-10-14(23(29,30)31)9-17(25)20(18)35-7-6-12-2-1-3-13(8-12)22(26,27)28/h1-5,8-11,33H,6-7H2,(H,32,34). The Morgan fingerprint density at radius 2 is 1.60 bits per heavy atom. The van der Waals surface area contributed by atoms with E-state index in [1.807, 2.05) is 0 Å². The third kappa shape index (κ3) is 6.73. The third-order valence-electron chi connectivity index (χ3n) is 4.71. The molecule has 0 aliphatic carbocycles. The van der Waals surface area contributed by atoms with Crippen molar-refractivity contribution in [2.75, 3.05) is 11.9 Å². The molecule has 0 heterocycles. The van der Waals surface area contributed by atoms with Gasteiger partial charge in [0, 0.05) is 11.4 Å². The van der Waals surface area contributed by atoms with E-state index in [9.17, 15) is 36.2 Å². The van der Waals surface area contributed by atoms with Gasteiger partial charge in [-0.1, -0.05) is 41.4 Å². The highest BCUT2D eigenvalue weighted by Gasteiger charge is 2.33. The van der Waals surface area contributed by atoms with Crippen molar-refractivity contribution in [1.82, 2.24) is 0 Å². The fraction of sp³-hybridized carbons (Fsp3) is 0.174. The number of hydrogen-bond acceptors (Lipinski definition) is 3. The summed E-state index contributed by atoms with van der Waals surface area (Å²) in [4.78, 5) is 12.6. The number of anilines is 1. The molecule has 0 aliphatic heterocycles. The molecule has 0 spiro atoms. The number of halogens is 8. The van der Waals surface area contributed by atoms with Crippen LogP contribution in [0.5, 0.6) is 11.5 Å². The Morgan fingerprint density at radius 3 is 2.26 bits per heavy atom. The van der Waals surface area contributed by atoms with Crippen LogP contribution in [0.4, 0.5) is 32.0 Å². The summed E-state index contributed by atoms with van der Waals surface area (Å²) >= 11 is 11.8. The van der Waals surface area contributed by atoms with Crippen molar-refractivity contribution in [2.45, 2.75) is 18.8 Å². The van der Waals surface area contributed by atoms with E-state index >= 15 is 0 Å². The van der Waals surface area contributed by atoms with Gasteiger partial charge in [0.25, 0.3) is 5.91 Å². The summed E-state index contributed by atoms with van der Waals surface area (Å²) < 4.78 is 84.1. The quantitative estimate of drug-likeness (QED) is 0.318. The second kappa shape index (κ2) is 10.2. The van der Waals surface area contributed by atoms with Crippen molar-refractivity contribution >= 4 is 34.8 Å². The molecule has 0 aliphatic rings. The molecular formula is C23H15Cl2F6NO3. The van der Waals surface area contributed by atoms with Crippen molar-refractivity contribution in [2.24, 2.45) is 0 Å². The van der Waals surface area contributed by atoms with Gasteiger partial charge >= 0.3 is 12.4 Å². The van der Waals surface area contributed by atoms with E-state index in [0.717, 1.165) is 24.3 Å². The van der Waals surface area contributed by atoms with Crippen molar-refractivity contribution in [3.05, 3.63) is 86.9 Å². The van der Waals surface area contributed by atoms with Crippen LogP contribution in [0.2, 0.25) is 10.0 Å². The molecule has 0 aromatic heterocycles. The van der Waals surface area contributed by atoms with Crippen LogP contribution in [0.3, 0.4) is 0 Å². The first-order valence-corrected chi connectivity index (χ1v) is 10.5. The van der Waals surface area contributed by atoms with Gasteiger partial charge in [-0.3, -0.25) is 4.79 Å². The van der Waals surface area contributed by atoms with E-state index in [2.05, 4.69) is 5.32 Å². The smallest absolute Gasteiger partial charge is 0.416 e. The Bertz CT molecular complexity index is 1240. The summed E-state index contributed by atoms with van der Waals surface area (Å²) in [7, 11) is 0. The number of rotatable bonds is 6. The number of alkyl halides is 6. The number of benzene rings is 3. The fourth-order valence-electron chi connectivity index (χ4n) is 3.05. The normalized spacial score (nSPS) is 11.9. The first-order chi connectivity index (χ1) is 16.3. The average molecular weight is 538 g/mol. The summed E-state index contributed by atoms with van der Waals surface area (Å²) in [6.07, 6.45) is -9.39. The van der Waals surface area contributed by atoms with Crippen LogP contribution < -0.4 is 10.1 Å². The monoisotopic (exact) mass is 537 g/mol. The van der Waals surface area contributed by atoms with Crippen LogP contribution in [0.15, 0.2) is 54.6 Å². The second-order valence-electron chi connectivity index (χ2n) is 7.24. The molecule has 3 rings (SSSR count). The van der Waals surface area contributed by atoms with Crippen LogP contribution in [0.25, 0.3) is 0 Å². The summed E-state index contributed by atoms with van der Waals surface area (Å²) in [6, 6.07) is 9.18. The van der Waals surface area contributed by atoms with Crippen molar-refractivity contribution in [1.29, 1.82) is 0 Å². The molecule has 0 fully saturated rings. The lowest BCUT2D eigenvalue weighted by atomic mass is 10.1. The highest BCUT2D eigenvalue weighted by molar-refractivity contribution is 6.33. The van der Waals surface area contributed by atoms with E-state index in [0.29, 0.717) is 12.1 Å². The maximum absolute atomic E-state index is 13.3. The van der Waals surface area contributed by atoms with Gasteiger partial charge in [0.2, 0.25) is 0 Å². The molecule has 0 saturated carbocycles. The van der Waals surface area contributed by atoms with Crippen molar-refractivity contribution < 1.29 is 41.0 Å². The number of ether oxygens (including phenoxy) is 1. The van der Waals surface area contributed by atoms with Gasteiger partial charge in [-0.25, -0.2) is 0 Å². The largest absolute Gasteiger partial charge is 0.507 e. The van der Waals surface area contributed by atoms with Crippen molar-refractivity contribution in [3.8, 4) is 11.5 Å². The summed E-state index contributed by atoms with van der Waals surface area (Å²) in [5.74, 6) is -1.80. The third-order valence-corrected chi connectivity index (χ3v) is 5.23. The van der Waals surface area contributed by atoms with E-state index in [1.165, 1.54) is 18.2 Å². The molecule has 0 unspecified atom stereocenters. The topological polar surface area (TPSA) is 58.6 Å². The number of aromatic hydroxyl groups is 1. The van der Waals surface area contributed by atoms with Gasteiger partial charge in [0.1, 0.15) is 5.75 Å². The predicted octanol–water partition coefficient (Wildman–Crippen LogP) is 7.61. The first kappa shape index (κ1) is 26.5.